The third-order valence-corrected chi connectivity index (χ3v) is 5.80. The molecule has 4 heterocycles. The lowest BCUT2D eigenvalue weighted by Gasteiger charge is -2.16. The van der Waals surface area contributed by atoms with Crippen LogP contribution in [0.4, 0.5) is 11.5 Å². The number of hydrogen-bond donors (Lipinski definition) is 1. The predicted molar refractivity (Wildman–Crippen MR) is 124 cm³/mol. The van der Waals surface area contributed by atoms with Crippen LogP contribution in [0.2, 0.25) is 0 Å². The van der Waals surface area contributed by atoms with Gasteiger partial charge >= 0.3 is 0 Å². The van der Waals surface area contributed by atoms with Crippen LogP contribution < -0.4 is 10.1 Å². The fourth-order valence-electron chi connectivity index (χ4n) is 3.67. The van der Waals surface area contributed by atoms with Crippen molar-refractivity contribution in [3.8, 4) is 17.6 Å². The fraction of sp³-hybridized carbons (Fsp3) is 0.360. The van der Waals surface area contributed by atoms with Crippen molar-refractivity contribution in [3.05, 3.63) is 60.3 Å². The van der Waals surface area contributed by atoms with Gasteiger partial charge in [-0.15, -0.1) is 0 Å². The molecule has 0 unspecified atom stereocenters. The van der Waals surface area contributed by atoms with E-state index in [4.69, 9.17) is 14.6 Å². The number of rotatable bonds is 7. The van der Waals surface area contributed by atoms with Gasteiger partial charge in [0.25, 0.3) is 0 Å². The minimum atomic E-state index is -0.674. The van der Waals surface area contributed by atoms with Gasteiger partial charge < -0.3 is 14.8 Å². The van der Waals surface area contributed by atoms with Crippen molar-refractivity contribution in [2.75, 3.05) is 18.5 Å². The first-order chi connectivity index (χ1) is 16.0. The topological polar surface area (TPSA) is 97.9 Å². The molecule has 1 saturated carbocycles. The highest BCUT2D eigenvalue weighted by Gasteiger charge is 2.28. The first-order valence-corrected chi connectivity index (χ1v) is 11.2. The Labute approximate surface area is 192 Å². The van der Waals surface area contributed by atoms with Gasteiger partial charge in [0.05, 0.1) is 42.6 Å². The number of pyridine rings is 2. The zero-order valence-corrected chi connectivity index (χ0v) is 18.8. The number of anilines is 2. The number of aromatic nitrogens is 4. The molecule has 168 valence electrons. The van der Waals surface area contributed by atoms with E-state index in [0.29, 0.717) is 36.5 Å². The van der Waals surface area contributed by atoms with Gasteiger partial charge in [-0.05, 0) is 56.9 Å². The molecule has 0 atom stereocenters. The van der Waals surface area contributed by atoms with E-state index in [-0.39, 0.29) is 0 Å². The number of ether oxygens (including phenoxy) is 2. The quantitative estimate of drug-likeness (QED) is 0.540. The Bertz CT molecular complexity index is 1240. The van der Waals surface area contributed by atoms with Crippen LogP contribution in [0.1, 0.15) is 50.5 Å². The Hall–Kier alpha value is -3.70. The summed E-state index contributed by atoms with van der Waals surface area (Å²) in [5.74, 6) is 2.05. The van der Waals surface area contributed by atoms with E-state index in [1.807, 2.05) is 49.0 Å². The second kappa shape index (κ2) is 8.68. The Morgan fingerprint density at radius 2 is 2.06 bits per heavy atom. The molecule has 33 heavy (non-hydrogen) atoms. The summed E-state index contributed by atoms with van der Waals surface area (Å²) in [6, 6.07) is 10.2. The molecule has 1 aliphatic carbocycles. The zero-order chi connectivity index (χ0) is 22.8. The highest BCUT2D eigenvalue weighted by atomic mass is 16.5. The lowest BCUT2D eigenvalue weighted by molar-refractivity contribution is 0.161. The van der Waals surface area contributed by atoms with E-state index in [1.54, 1.807) is 12.4 Å². The van der Waals surface area contributed by atoms with Crippen LogP contribution in [0.3, 0.4) is 0 Å². The molecule has 1 N–H and O–H groups in total. The van der Waals surface area contributed by atoms with E-state index >= 15 is 0 Å². The van der Waals surface area contributed by atoms with Crippen LogP contribution in [0.25, 0.3) is 5.57 Å². The van der Waals surface area contributed by atoms with Gasteiger partial charge in [-0.1, -0.05) is 6.08 Å². The molecule has 8 heteroatoms. The molecule has 0 saturated heterocycles. The largest absolute Gasteiger partial charge is 0.453 e. The highest BCUT2D eigenvalue weighted by Crippen LogP contribution is 2.39. The minimum absolute atomic E-state index is 0.467. The summed E-state index contributed by atoms with van der Waals surface area (Å²) in [4.78, 5) is 8.76. The molecule has 3 aromatic heterocycles. The summed E-state index contributed by atoms with van der Waals surface area (Å²) in [6.45, 7) is 4.99. The summed E-state index contributed by atoms with van der Waals surface area (Å²) < 4.78 is 13.8. The van der Waals surface area contributed by atoms with Crippen molar-refractivity contribution < 1.29 is 9.47 Å². The third kappa shape index (κ3) is 4.73. The standard InChI is InChI=1S/C25H26N6O2/c1-25(2,16-26)22-13-18(5-9-27-22)29-23-14-20(6-10-28-23)33-21-15-31(19-3-4-19)30-24(21)17-7-11-32-12-8-17/h5-7,9-10,13-15,19H,3-4,8,11-12H2,1-2H3,(H,27,28,29). The van der Waals surface area contributed by atoms with Crippen LogP contribution >= 0.6 is 0 Å². The summed E-state index contributed by atoms with van der Waals surface area (Å²) in [5.41, 5.74) is 2.88. The van der Waals surface area contributed by atoms with Crippen molar-refractivity contribution in [1.82, 2.24) is 19.7 Å². The summed E-state index contributed by atoms with van der Waals surface area (Å²) in [6.07, 6.45) is 10.6. The molecule has 0 amide bonds. The first kappa shape index (κ1) is 21.2. The van der Waals surface area contributed by atoms with Crippen LogP contribution in [-0.2, 0) is 10.2 Å². The van der Waals surface area contributed by atoms with Gasteiger partial charge in [-0.3, -0.25) is 9.67 Å². The molecule has 0 aromatic carbocycles. The first-order valence-electron chi connectivity index (χ1n) is 11.2. The predicted octanol–water partition coefficient (Wildman–Crippen LogP) is 5.15. The SMILES string of the molecule is CC(C)(C#N)c1cc(Nc2cc(Oc3cn(C4CC4)nc3C3=CCOCC3)ccn2)ccn1. The number of nitriles is 1. The molecule has 3 aromatic rings. The van der Waals surface area contributed by atoms with Gasteiger partial charge in [0.1, 0.15) is 17.3 Å². The summed E-state index contributed by atoms with van der Waals surface area (Å²) >= 11 is 0. The van der Waals surface area contributed by atoms with Crippen LogP contribution in [0.15, 0.2) is 48.9 Å². The van der Waals surface area contributed by atoms with E-state index < -0.39 is 5.41 Å². The average Bonchev–Trinajstić information content (AvgIpc) is 3.60. The number of nitrogens with zero attached hydrogens (tertiary/aromatic N) is 5. The van der Waals surface area contributed by atoms with Crippen molar-refractivity contribution in [2.45, 2.75) is 44.6 Å². The molecule has 0 spiro atoms. The van der Waals surface area contributed by atoms with Crippen molar-refractivity contribution in [3.63, 3.8) is 0 Å². The zero-order valence-electron chi connectivity index (χ0n) is 18.8. The molecular weight excluding hydrogens is 416 g/mol. The summed E-state index contributed by atoms with van der Waals surface area (Å²) in [7, 11) is 0. The van der Waals surface area contributed by atoms with Crippen LogP contribution in [-0.4, -0.2) is 33.0 Å². The Kier molecular flexibility index (Phi) is 5.56. The van der Waals surface area contributed by atoms with Gasteiger partial charge in [-0.2, -0.15) is 10.4 Å². The smallest absolute Gasteiger partial charge is 0.172 e. The van der Waals surface area contributed by atoms with E-state index in [0.717, 1.165) is 42.0 Å². The van der Waals surface area contributed by atoms with Crippen molar-refractivity contribution in [1.29, 1.82) is 5.26 Å². The van der Waals surface area contributed by atoms with Crippen LogP contribution in [0, 0.1) is 11.3 Å². The second-order valence-electron chi connectivity index (χ2n) is 8.88. The van der Waals surface area contributed by atoms with Crippen LogP contribution in [0.5, 0.6) is 11.5 Å². The monoisotopic (exact) mass is 442 g/mol. The van der Waals surface area contributed by atoms with Gasteiger partial charge in [0.2, 0.25) is 0 Å². The third-order valence-electron chi connectivity index (χ3n) is 5.80. The molecule has 0 radical (unpaired) electrons. The average molecular weight is 443 g/mol. The Morgan fingerprint density at radius 1 is 1.21 bits per heavy atom. The summed E-state index contributed by atoms with van der Waals surface area (Å²) in [5, 5.41) is 17.5. The number of nitrogens with one attached hydrogen (secondary N) is 1. The maximum absolute atomic E-state index is 9.40. The van der Waals surface area contributed by atoms with E-state index in [1.165, 1.54) is 0 Å². The molecule has 1 aliphatic heterocycles. The lowest BCUT2D eigenvalue weighted by atomic mass is 9.91. The molecule has 1 fully saturated rings. The van der Waals surface area contributed by atoms with Crippen molar-refractivity contribution >= 4 is 17.1 Å². The number of hydrogen-bond acceptors (Lipinski definition) is 7. The molecule has 2 aliphatic rings. The normalized spacial score (nSPS) is 16.1. The maximum atomic E-state index is 9.40. The maximum Gasteiger partial charge on any atom is 0.172 e. The highest BCUT2D eigenvalue weighted by molar-refractivity contribution is 5.68. The molecule has 8 nitrogen and oxygen atoms in total. The van der Waals surface area contributed by atoms with Gasteiger partial charge in [0, 0.05) is 24.1 Å². The minimum Gasteiger partial charge on any atom is -0.453 e. The van der Waals surface area contributed by atoms with E-state index in [2.05, 4.69) is 27.4 Å². The van der Waals surface area contributed by atoms with Gasteiger partial charge in [-0.25, -0.2) is 4.98 Å². The molecular formula is C25H26N6O2. The Balaban J connectivity index is 1.38. The molecule has 5 rings (SSSR count). The Morgan fingerprint density at radius 3 is 2.82 bits per heavy atom. The van der Waals surface area contributed by atoms with E-state index in [9.17, 15) is 5.26 Å². The fourth-order valence-corrected chi connectivity index (χ4v) is 3.67. The van der Waals surface area contributed by atoms with Crippen molar-refractivity contribution in [2.24, 2.45) is 0 Å². The second-order valence-corrected chi connectivity index (χ2v) is 8.88. The van der Waals surface area contributed by atoms with Gasteiger partial charge in [0.15, 0.2) is 5.75 Å². The lowest BCUT2D eigenvalue weighted by Crippen LogP contribution is -2.16. The molecule has 0 bridgehead atoms.